The van der Waals surface area contributed by atoms with Crippen LogP contribution in [0, 0.1) is 0 Å². The van der Waals surface area contributed by atoms with Gasteiger partial charge in [-0.05, 0) is 44.6 Å². The third-order valence-electron chi connectivity index (χ3n) is 1.56. The van der Waals surface area contributed by atoms with E-state index < -0.39 is 0 Å². The number of fused-ring (bicyclic) bond motifs is 1. The number of aliphatic imine (C=N–C) groups is 1. The van der Waals surface area contributed by atoms with E-state index in [1.165, 1.54) is 11.1 Å². The largest absolute Gasteiger partial charge is 0.273 e. The fourth-order valence-electron chi connectivity index (χ4n) is 1.02. The molecule has 0 aliphatic carbocycles. The summed E-state index contributed by atoms with van der Waals surface area (Å²) >= 11 is 5.56. The fraction of sp³-hybridized carbons (Fsp3) is 0.143. The molecule has 0 amide bonds. The Bertz CT molecular complexity index is 335. The number of hydrogen-bond donors (Lipinski definition) is 0. The molecule has 1 aliphatic rings. The summed E-state index contributed by atoms with van der Waals surface area (Å²) in [7, 11) is 0. The SMILES string of the molecule is Brc1cc2c(cn1)CN=C2I. The average Bonchev–Trinajstić information content (AvgIpc) is 2.33. The molecule has 0 fully saturated rings. The maximum absolute atomic E-state index is 4.29. The van der Waals surface area contributed by atoms with Crippen molar-refractivity contribution in [3.05, 3.63) is 28.0 Å². The van der Waals surface area contributed by atoms with E-state index in [-0.39, 0.29) is 0 Å². The van der Waals surface area contributed by atoms with Gasteiger partial charge in [-0.1, -0.05) is 0 Å². The lowest BCUT2D eigenvalue weighted by Crippen LogP contribution is -1.89. The molecule has 1 aliphatic heterocycles. The maximum Gasteiger partial charge on any atom is 0.106 e. The Morgan fingerprint density at radius 3 is 3.18 bits per heavy atom. The van der Waals surface area contributed by atoms with Gasteiger partial charge in [0, 0.05) is 17.3 Å². The van der Waals surface area contributed by atoms with Crippen molar-refractivity contribution in [3.63, 3.8) is 0 Å². The lowest BCUT2D eigenvalue weighted by Gasteiger charge is -1.96. The number of nitrogens with zero attached hydrogens (tertiary/aromatic N) is 2. The highest BCUT2D eigenvalue weighted by Gasteiger charge is 2.13. The van der Waals surface area contributed by atoms with Crippen LogP contribution in [-0.4, -0.2) is 8.70 Å². The summed E-state index contributed by atoms with van der Waals surface area (Å²) in [6.07, 6.45) is 1.87. The van der Waals surface area contributed by atoms with E-state index in [1.807, 2.05) is 12.3 Å². The minimum Gasteiger partial charge on any atom is -0.273 e. The van der Waals surface area contributed by atoms with E-state index in [9.17, 15) is 0 Å². The van der Waals surface area contributed by atoms with Crippen LogP contribution in [-0.2, 0) is 6.54 Å². The van der Waals surface area contributed by atoms with Gasteiger partial charge in [-0.2, -0.15) is 0 Å². The molecule has 2 heterocycles. The molecule has 0 saturated carbocycles. The van der Waals surface area contributed by atoms with E-state index in [4.69, 9.17) is 0 Å². The molecule has 1 aromatic heterocycles. The molecule has 0 atom stereocenters. The van der Waals surface area contributed by atoms with E-state index in [0.29, 0.717) is 0 Å². The summed E-state index contributed by atoms with van der Waals surface area (Å²) < 4.78 is 1.96. The smallest absolute Gasteiger partial charge is 0.106 e. The summed E-state index contributed by atoms with van der Waals surface area (Å²) in [5.74, 6) is 0. The summed E-state index contributed by atoms with van der Waals surface area (Å²) in [5.41, 5.74) is 2.44. The van der Waals surface area contributed by atoms with Crippen LogP contribution in [0.25, 0.3) is 0 Å². The molecule has 0 unspecified atom stereocenters. The molecule has 1 aromatic rings. The molecule has 2 rings (SSSR count). The average molecular weight is 323 g/mol. The molecule has 0 bridgehead atoms. The van der Waals surface area contributed by atoms with Crippen molar-refractivity contribution in [1.29, 1.82) is 0 Å². The lowest BCUT2D eigenvalue weighted by atomic mass is 10.2. The minimum atomic E-state index is 0.786. The molecule has 0 spiro atoms. The topological polar surface area (TPSA) is 25.2 Å². The highest BCUT2D eigenvalue weighted by atomic mass is 127. The molecule has 56 valence electrons. The van der Waals surface area contributed by atoms with Gasteiger partial charge in [0.1, 0.15) is 8.32 Å². The van der Waals surface area contributed by atoms with Gasteiger partial charge in [0.2, 0.25) is 0 Å². The molecule has 2 nitrogen and oxygen atoms in total. The van der Waals surface area contributed by atoms with Crippen molar-refractivity contribution in [2.24, 2.45) is 4.99 Å². The minimum absolute atomic E-state index is 0.786. The van der Waals surface area contributed by atoms with Crippen LogP contribution in [0.1, 0.15) is 11.1 Å². The molecule has 4 heteroatoms. The van der Waals surface area contributed by atoms with Crippen molar-refractivity contribution in [3.8, 4) is 0 Å². The van der Waals surface area contributed by atoms with Gasteiger partial charge in [-0.3, -0.25) is 4.99 Å². The zero-order chi connectivity index (χ0) is 7.84. The normalized spacial score (nSPS) is 14.5. The van der Waals surface area contributed by atoms with Crippen LogP contribution < -0.4 is 0 Å². The van der Waals surface area contributed by atoms with Gasteiger partial charge < -0.3 is 0 Å². The second kappa shape index (κ2) is 2.82. The first kappa shape index (κ1) is 7.67. The van der Waals surface area contributed by atoms with Crippen LogP contribution in [0.4, 0.5) is 0 Å². The molecule has 11 heavy (non-hydrogen) atoms. The van der Waals surface area contributed by atoms with Crippen molar-refractivity contribution in [1.82, 2.24) is 4.98 Å². The molecular formula is C7H4BrIN2. The highest BCUT2D eigenvalue weighted by Crippen LogP contribution is 2.23. The number of rotatable bonds is 0. The molecule has 0 aromatic carbocycles. The van der Waals surface area contributed by atoms with Gasteiger partial charge in [0.05, 0.1) is 6.54 Å². The van der Waals surface area contributed by atoms with Crippen molar-refractivity contribution < 1.29 is 0 Å². The highest BCUT2D eigenvalue weighted by molar-refractivity contribution is 14.1. The van der Waals surface area contributed by atoms with E-state index >= 15 is 0 Å². The van der Waals surface area contributed by atoms with Crippen LogP contribution >= 0.6 is 38.5 Å². The molecular weight excluding hydrogens is 319 g/mol. The summed E-state index contributed by atoms with van der Waals surface area (Å²) in [6.45, 7) is 0.786. The fourth-order valence-corrected chi connectivity index (χ4v) is 2.02. The predicted octanol–water partition coefficient (Wildman–Crippen LogP) is 2.54. The van der Waals surface area contributed by atoms with Gasteiger partial charge in [0.25, 0.3) is 0 Å². The first-order valence-corrected chi connectivity index (χ1v) is 4.99. The second-order valence-corrected chi connectivity index (χ2v) is 4.11. The Hall–Kier alpha value is 0.0300. The molecule has 0 saturated heterocycles. The molecule has 0 N–H and O–H groups in total. The summed E-state index contributed by atoms with van der Waals surface area (Å²) in [5, 5.41) is 0. The Kier molecular flexibility index (Phi) is 1.97. The molecule has 0 radical (unpaired) electrons. The Morgan fingerprint density at radius 2 is 2.36 bits per heavy atom. The van der Waals surface area contributed by atoms with E-state index in [1.54, 1.807) is 0 Å². The van der Waals surface area contributed by atoms with Crippen LogP contribution in [0.3, 0.4) is 0 Å². The number of halogens is 2. The third-order valence-corrected chi connectivity index (χ3v) is 2.92. The Labute approximate surface area is 86.4 Å². The lowest BCUT2D eigenvalue weighted by molar-refractivity contribution is 1.08. The van der Waals surface area contributed by atoms with Gasteiger partial charge in [0.15, 0.2) is 0 Å². The maximum atomic E-state index is 4.29. The third kappa shape index (κ3) is 1.33. The van der Waals surface area contributed by atoms with E-state index in [2.05, 4.69) is 48.5 Å². The Morgan fingerprint density at radius 1 is 1.55 bits per heavy atom. The Balaban J connectivity index is 2.60. The van der Waals surface area contributed by atoms with Gasteiger partial charge in [-0.25, -0.2) is 4.98 Å². The quantitative estimate of drug-likeness (QED) is 0.532. The summed E-state index contributed by atoms with van der Waals surface area (Å²) in [6, 6.07) is 2.01. The number of aromatic nitrogens is 1. The van der Waals surface area contributed by atoms with Crippen molar-refractivity contribution in [2.75, 3.05) is 0 Å². The van der Waals surface area contributed by atoms with Crippen molar-refractivity contribution in [2.45, 2.75) is 6.54 Å². The summed E-state index contributed by atoms with van der Waals surface area (Å²) in [4.78, 5) is 8.41. The van der Waals surface area contributed by atoms with Crippen LogP contribution in [0.5, 0.6) is 0 Å². The number of hydrogen-bond acceptors (Lipinski definition) is 2. The zero-order valence-electron chi connectivity index (χ0n) is 5.51. The van der Waals surface area contributed by atoms with Gasteiger partial charge >= 0.3 is 0 Å². The zero-order valence-corrected chi connectivity index (χ0v) is 9.26. The monoisotopic (exact) mass is 322 g/mol. The first-order valence-electron chi connectivity index (χ1n) is 3.12. The van der Waals surface area contributed by atoms with Crippen molar-refractivity contribution >= 4 is 42.2 Å². The number of pyridine rings is 1. The predicted molar refractivity (Wildman–Crippen MR) is 56.2 cm³/mol. The second-order valence-electron chi connectivity index (χ2n) is 2.27. The standard InChI is InChI=1S/C7H4BrIN2/c8-6-1-5-4(2-10-6)3-11-7(5)9/h1-2H,3H2. The van der Waals surface area contributed by atoms with E-state index in [0.717, 1.165) is 14.9 Å². The van der Waals surface area contributed by atoms with Gasteiger partial charge in [-0.15, -0.1) is 0 Å². The van der Waals surface area contributed by atoms with Crippen LogP contribution in [0.2, 0.25) is 0 Å². The first-order chi connectivity index (χ1) is 5.27. The van der Waals surface area contributed by atoms with Crippen LogP contribution in [0.15, 0.2) is 21.9 Å².